The van der Waals surface area contributed by atoms with E-state index in [1.807, 2.05) is 10.9 Å². The van der Waals surface area contributed by atoms with Crippen molar-refractivity contribution in [3.05, 3.63) is 12.4 Å². The molecule has 3 N–H and O–H groups in total. The quantitative estimate of drug-likeness (QED) is 0.738. The molecule has 74 valence electrons. The average molecular weight is 192 g/mol. The van der Waals surface area contributed by atoms with Gasteiger partial charge in [-0.15, -0.1) is 5.10 Å². The number of hydrogen-bond acceptors (Lipinski definition) is 4. The Kier molecular flexibility index (Phi) is 1.95. The lowest BCUT2D eigenvalue weighted by Crippen LogP contribution is -1.99. The smallest absolute Gasteiger partial charge is 0.239 e. The first kappa shape index (κ1) is 8.74. The van der Waals surface area contributed by atoms with Crippen LogP contribution in [0.1, 0.15) is 19.9 Å². The van der Waals surface area contributed by atoms with Gasteiger partial charge in [-0.25, -0.2) is 0 Å². The van der Waals surface area contributed by atoms with Crippen molar-refractivity contribution in [2.45, 2.75) is 19.9 Å². The van der Waals surface area contributed by atoms with Crippen LogP contribution in [0.5, 0.6) is 0 Å². The zero-order chi connectivity index (χ0) is 10.1. The van der Waals surface area contributed by atoms with E-state index in [4.69, 9.17) is 5.73 Å². The maximum absolute atomic E-state index is 5.40. The van der Waals surface area contributed by atoms with Crippen molar-refractivity contribution >= 4 is 5.95 Å². The minimum atomic E-state index is 0.247. The molecule has 0 atom stereocenters. The van der Waals surface area contributed by atoms with Crippen molar-refractivity contribution in [3.63, 3.8) is 0 Å². The van der Waals surface area contributed by atoms with Gasteiger partial charge in [-0.05, 0) is 13.8 Å². The van der Waals surface area contributed by atoms with Crippen molar-refractivity contribution in [1.29, 1.82) is 0 Å². The number of H-pyrrole nitrogens is 1. The summed E-state index contributed by atoms with van der Waals surface area (Å²) >= 11 is 0. The van der Waals surface area contributed by atoms with Crippen molar-refractivity contribution in [2.24, 2.45) is 0 Å². The third kappa shape index (κ3) is 1.46. The summed E-state index contributed by atoms with van der Waals surface area (Å²) in [6.45, 7) is 4.12. The molecule has 0 amide bonds. The summed E-state index contributed by atoms with van der Waals surface area (Å²) in [7, 11) is 0. The van der Waals surface area contributed by atoms with E-state index in [9.17, 15) is 0 Å². The number of rotatable bonds is 2. The van der Waals surface area contributed by atoms with Gasteiger partial charge in [0, 0.05) is 12.2 Å². The molecule has 2 aromatic rings. The fraction of sp³-hybridized carbons (Fsp3) is 0.375. The Hall–Kier alpha value is -1.85. The van der Waals surface area contributed by atoms with Gasteiger partial charge in [-0.1, -0.05) is 0 Å². The van der Waals surface area contributed by atoms with Gasteiger partial charge in [-0.2, -0.15) is 10.1 Å². The Morgan fingerprint density at radius 1 is 1.50 bits per heavy atom. The maximum Gasteiger partial charge on any atom is 0.239 e. The highest BCUT2D eigenvalue weighted by Gasteiger charge is 2.07. The Bertz CT molecular complexity index is 426. The fourth-order valence-electron chi connectivity index (χ4n) is 1.15. The second kappa shape index (κ2) is 3.13. The van der Waals surface area contributed by atoms with Crippen LogP contribution < -0.4 is 5.73 Å². The lowest BCUT2D eigenvalue weighted by molar-refractivity contribution is 0.532. The summed E-state index contributed by atoms with van der Waals surface area (Å²) in [6, 6.07) is 0.337. The number of hydrogen-bond donors (Lipinski definition) is 2. The van der Waals surface area contributed by atoms with E-state index in [0.29, 0.717) is 11.9 Å². The number of aromatic nitrogens is 5. The van der Waals surface area contributed by atoms with Gasteiger partial charge in [0.05, 0.1) is 11.8 Å². The van der Waals surface area contributed by atoms with Gasteiger partial charge in [0.15, 0.2) is 5.82 Å². The molecule has 0 saturated carbocycles. The molecule has 0 aliphatic rings. The summed E-state index contributed by atoms with van der Waals surface area (Å²) in [5.41, 5.74) is 6.29. The van der Waals surface area contributed by atoms with Crippen molar-refractivity contribution in [1.82, 2.24) is 25.0 Å². The fourth-order valence-corrected chi connectivity index (χ4v) is 1.15. The number of nitrogens with one attached hydrogen (secondary N) is 1. The Balaban J connectivity index is 2.33. The Labute approximate surface area is 81.1 Å². The second-order valence-corrected chi connectivity index (χ2v) is 3.34. The Morgan fingerprint density at radius 3 is 2.79 bits per heavy atom. The van der Waals surface area contributed by atoms with Crippen LogP contribution in [0.3, 0.4) is 0 Å². The molecule has 0 radical (unpaired) electrons. The van der Waals surface area contributed by atoms with Gasteiger partial charge in [0.2, 0.25) is 5.95 Å². The highest BCUT2D eigenvalue weighted by molar-refractivity contribution is 5.52. The third-order valence-corrected chi connectivity index (χ3v) is 1.91. The number of nitrogens with zero attached hydrogens (tertiary/aromatic N) is 4. The minimum Gasteiger partial charge on any atom is -0.366 e. The summed E-state index contributed by atoms with van der Waals surface area (Å²) in [4.78, 5) is 4.01. The normalized spacial score (nSPS) is 11.1. The Morgan fingerprint density at radius 2 is 2.29 bits per heavy atom. The maximum atomic E-state index is 5.40. The van der Waals surface area contributed by atoms with Crippen LogP contribution in [0.4, 0.5) is 5.95 Å². The highest BCUT2D eigenvalue weighted by atomic mass is 15.3. The molecule has 0 unspecified atom stereocenters. The first-order valence-corrected chi connectivity index (χ1v) is 4.39. The monoisotopic (exact) mass is 192 g/mol. The molecule has 0 spiro atoms. The van der Waals surface area contributed by atoms with Crippen LogP contribution in [0.25, 0.3) is 11.4 Å². The van der Waals surface area contributed by atoms with E-state index in [0.717, 1.165) is 5.56 Å². The molecule has 14 heavy (non-hydrogen) atoms. The highest BCUT2D eigenvalue weighted by Crippen LogP contribution is 2.15. The standard InChI is InChI=1S/C8H12N6/c1-5(2)14-4-6(3-10-14)7-11-8(9)13-12-7/h3-5H,1-2H3,(H3,9,11,12,13). The molecule has 0 aliphatic heterocycles. The van der Waals surface area contributed by atoms with Crippen molar-refractivity contribution < 1.29 is 0 Å². The summed E-state index contributed by atoms with van der Waals surface area (Å²) in [6.07, 6.45) is 3.64. The van der Waals surface area contributed by atoms with Crippen LogP contribution in [0.15, 0.2) is 12.4 Å². The third-order valence-electron chi connectivity index (χ3n) is 1.91. The molecule has 6 heteroatoms. The number of nitrogens with two attached hydrogens (primary N) is 1. The molecule has 2 heterocycles. The van der Waals surface area contributed by atoms with Gasteiger partial charge >= 0.3 is 0 Å². The van der Waals surface area contributed by atoms with Crippen molar-refractivity contribution in [3.8, 4) is 11.4 Å². The van der Waals surface area contributed by atoms with Gasteiger partial charge < -0.3 is 5.73 Å². The first-order valence-electron chi connectivity index (χ1n) is 4.39. The van der Waals surface area contributed by atoms with Crippen LogP contribution in [0.2, 0.25) is 0 Å². The second-order valence-electron chi connectivity index (χ2n) is 3.34. The summed E-state index contributed by atoms with van der Waals surface area (Å²) < 4.78 is 1.86. The first-order chi connectivity index (χ1) is 6.66. The van der Waals surface area contributed by atoms with E-state index in [-0.39, 0.29) is 5.95 Å². The number of nitrogen functional groups attached to an aromatic ring is 1. The molecule has 0 bridgehead atoms. The number of aromatic amines is 1. The van der Waals surface area contributed by atoms with Gasteiger partial charge in [-0.3, -0.25) is 9.78 Å². The minimum absolute atomic E-state index is 0.247. The molecule has 2 rings (SSSR count). The molecule has 0 saturated heterocycles. The molecular weight excluding hydrogens is 180 g/mol. The van der Waals surface area contributed by atoms with Gasteiger partial charge in [0.25, 0.3) is 0 Å². The average Bonchev–Trinajstić information content (AvgIpc) is 2.70. The van der Waals surface area contributed by atoms with Crippen molar-refractivity contribution in [2.75, 3.05) is 5.73 Å². The predicted molar refractivity (Wildman–Crippen MR) is 52.4 cm³/mol. The zero-order valence-electron chi connectivity index (χ0n) is 8.10. The van der Waals surface area contributed by atoms with Crippen LogP contribution in [-0.2, 0) is 0 Å². The van der Waals surface area contributed by atoms with E-state index >= 15 is 0 Å². The van der Waals surface area contributed by atoms with Crippen LogP contribution in [0, 0.1) is 0 Å². The van der Waals surface area contributed by atoms with E-state index < -0.39 is 0 Å². The molecule has 0 aromatic carbocycles. The SMILES string of the molecule is CC(C)n1cc(-c2nc(N)n[nH]2)cn1. The summed E-state index contributed by atoms with van der Waals surface area (Å²) in [5.74, 6) is 0.895. The topological polar surface area (TPSA) is 85.4 Å². The van der Waals surface area contributed by atoms with E-state index in [2.05, 4.69) is 34.1 Å². The molecule has 0 fully saturated rings. The van der Waals surface area contributed by atoms with E-state index in [1.54, 1.807) is 6.20 Å². The summed E-state index contributed by atoms with van der Waals surface area (Å²) in [5, 5.41) is 10.7. The zero-order valence-corrected chi connectivity index (χ0v) is 8.10. The van der Waals surface area contributed by atoms with Crippen LogP contribution in [-0.4, -0.2) is 25.0 Å². The largest absolute Gasteiger partial charge is 0.366 e. The lowest BCUT2D eigenvalue weighted by Gasteiger charge is -2.02. The van der Waals surface area contributed by atoms with Gasteiger partial charge in [0.1, 0.15) is 0 Å². The number of anilines is 1. The van der Waals surface area contributed by atoms with E-state index in [1.165, 1.54) is 0 Å². The molecule has 2 aromatic heterocycles. The predicted octanol–water partition coefficient (Wildman–Crippen LogP) is 0.831. The lowest BCUT2D eigenvalue weighted by atomic mass is 10.3. The molecular formula is C8H12N6. The molecule has 6 nitrogen and oxygen atoms in total. The van der Waals surface area contributed by atoms with Crippen LogP contribution >= 0.6 is 0 Å². The molecule has 0 aliphatic carbocycles.